The molecule has 4 unspecified atom stereocenters. The van der Waals surface area contributed by atoms with E-state index in [2.05, 4.69) is 21.5 Å². The molecule has 2 bridgehead atoms. The lowest BCUT2D eigenvalue weighted by atomic mass is 9.72. The van der Waals surface area contributed by atoms with E-state index in [-0.39, 0.29) is 11.2 Å². The van der Waals surface area contributed by atoms with Crippen LogP contribution in [0.15, 0.2) is 9.98 Å². The fourth-order valence-corrected chi connectivity index (χ4v) is 4.03. The first kappa shape index (κ1) is 9.34. The fraction of sp³-hybridized carbons (Fsp3) is 0.846. The molecule has 0 spiro atoms. The van der Waals surface area contributed by atoms with E-state index >= 15 is 0 Å². The molecule has 2 saturated carbocycles. The molecular weight excluding hydrogens is 198 g/mol. The van der Waals surface area contributed by atoms with Gasteiger partial charge in [0.1, 0.15) is 12.0 Å². The largest absolute Gasteiger partial charge is 0.282 e. The molecule has 3 heteroatoms. The van der Waals surface area contributed by atoms with Crippen LogP contribution in [0.5, 0.6) is 0 Å². The molecule has 0 aromatic heterocycles. The molecule has 4 atom stereocenters. The highest BCUT2D eigenvalue weighted by molar-refractivity contribution is 5.83. The van der Waals surface area contributed by atoms with Crippen molar-refractivity contribution in [3.8, 4) is 0 Å². The zero-order chi connectivity index (χ0) is 10.6. The van der Waals surface area contributed by atoms with Gasteiger partial charge in [-0.15, -0.1) is 0 Å². The number of fused-ring (bicyclic) bond motifs is 4. The van der Waals surface area contributed by atoms with Gasteiger partial charge in [-0.2, -0.15) is 0 Å². The molecule has 0 aromatic carbocycles. The van der Waals surface area contributed by atoms with Crippen LogP contribution in [0.25, 0.3) is 0 Å². The predicted molar refractivity (Wildman–Crippen MR) is 64.9 cm³/mol. The van der Waals surface area contributed by atoms with Crippen LogP contribution in [-0.2, 0) is 0 Å². The van der Waals surface area contributed by atoms with Crippen molar-refractivity contribution in [2.75, 3.05) is 0 Å². The first-order valence-electron chi connectivity index (χ1n) is 6.67. The molecule has 4 fully saturated rings. The highest BCUT2D eigenvalue weighted by Crippen LogP contribution is 2.53. The summed E-state index contributed by atoms with van der Waals surface area (Å²) in [6, 6.07) is 0. The summed E-state index contributed by atoms with van der Waals surface area (Å²) < 4.78 is 0. The Morgan fingerprint density at radius 3 is 3.12 bits per heavy atom. The molecule has 3 nitrogen and oxygen atoms in total. The Labute approximate surface area is 96.4 Å². The van der Waals surface area contributed by atoms with E-state index in [0.29, 0.717) is 0 Å². The Balaban J connectivity index is 1.63. The zero-order valence-corrected chi connectivity index (χ0v) is 9.65. The average molecular weight is 217 g/mol. The third-order valence-corrected chi connectivity index (χ3v) is 4.90. The van der Waals surface area contributed by atoms with E-state index in [1.165, 1.54) is 44.9 Å². The summed E-state index contributed by atoms with van der Waals surface area (Å²) in [5.74, 6) is 1.96. The van der Waals surface area contributed by atoms with Gasteiger partial charge in [0.15, 0.2) is 0 Å². The van der Waals surface area contributed by atoms with Gasteiger partial charge in [-0.3, -0.25) is 10.3 Å². The summed E-state index contributed by atoms with van der Waals surface area (Å²) in [4.78, 5) is 8.98. The maximum atomic E-state index is 4.65. The quantitative estimate of drug-likeness (QED) is 0.663. The van der Waals surface area contributed by atoms with Crippen LogP contribution in [-0.4, -0.2) is 23.8 Å². The molecule has 6 rings (SSSR count). The van der Waals surface area contributed by atoms with E-state index in [1.807, 2.05) is 0 Å². The monoisotopic (exact) mass is 217 g/mol. The lowest BCUT2D eigenvalue weighted by molar-refractivity contribution is 0.0781. The van der Waals surface area contributed by atoms with Crippen molar-refractivity contribution < 1.29 is 0 Å². The van der Waals surface area contributed by atoms with Gasteiger partial charge in [-0.05, 0) is 31.1 Å². The van der Waals surface area contributed by atoms with Gasteiger partial charge in [0.2, 0.25) is 0 Å². The molecule has 1 N–H and O–H groups in total. The first-order valence-corrected chi connectivity index (χ1v) is 6.67. The SMILES string of the molecule is C1=NC=NC23CC4CC4CCCCC1(C2)N3. The van der Waals surface area contributed by atoms with Crippen molar-refractivity contribution in [3.05, 3.63) is 0 Å². The predicted octanol–water partition coefficient (Wildman–Crippen LogP) is 2.13. The standard InChI is InChI=1S/C13H19N3/c1-2-4-12-7-13(16-12,15-9-14-8-12)6-11-5-10(11)3-1/h8-11,16H,1-7H2. The van der Waals surface area contributed by atoms with Crippen molar-refractivity contribution in [1.82, 2.24) is 5.32 Å². The minimum Gasteiger partial charge on any atom is -0.282 e. The van der Waals surface area contributed by atoms with Crippen LogP contribution in [0, 0.1) is 11.8 Å². The van der Waals surface area contributed by atoms with Gasteiger partial charge in [0.25, 0.3) is 0 Å². The minimum absolute atomic E-state index is 0.0628. The van der Waals surface area contributed by atoms with E-state index in [1.54, 1.807) is 6.34 Å². The number of hydrogen-bond acceptors (Lipinski definition) is 3. The normalized spacial score (nSPS) is 53.5. The minimum atomic E-state index is 0.0628. The molecule has 86 valence electrons. The maximum absolute atomic E-state index is 4.65. The third-order valence-electron chi connectivity index (χ3n) is 4.90. The number of rotatable bonds is 0. The number of nitrogens with one attached hydrogen (secondary N) is 1. The van der Waals surface area contributed by atoms with Crippen LogP contribution >= 0.6 is 0 Å². The summed E-state index contributed by atoms with van der Waals surface area (Å²) in [6.45, 7) is 0. The average Bonchev–Trinajstić information content (AvgIpc) is 2.99. The third kappa shape index (κ3) is 1.30. The van der Waals surface area contributed by atoms with Crippen molar-refractivity contribution in [2.24, 2.45) is 21.8 Å². The van der Waals surface area contributed by atoms with Gasteiger partial charge in [-0.25, -0.2) is 4.99 Å². The van der Waals surface area contributed by atoms with Gasteiger partial charge < -0.3 is 0 Å². The van der Waals surface area contributed by atoms with Crippen molar-refractivity contribution in [2.45, 2.75) is 56.1 Å². The second kappa shape index (κ2) is 2.95. The second-order valence-corrected chi connectivity index (χ2v) is 6.22. The lowest BCUT2D eigenvalue weighted by Gasteiger charge is -2.53. The summed E-state index contributed by atoms with van der Waals surface area (Å²) in [5.41, 5.74) is 0.255. The summed E-state index contributed by atoms with van der Waals surface area (Å²) in [5, 5.41) is 3.75. The van der Waals surface area contributed by atoms with Gasteiger partial charge in [-0.1, -0.05) is 19.3 Å². The molecule has 2 aliphatic carbocycles. The Hall–Kier alpha value is -0.700. The Morgan fingerprint density at radius 2 is 2.19 bits per heavy atom. The molecule has 0 aromatic rings. The molecule has 0 radical (unpaired) electrons. The summed E-state index contributed by atoms with van der Waals surface area (Å²) >= 11 is 0. The van der Waals surface area contributed by atoms with E-state index in [0.717, 1.165) is 11.8 Å². The molecule has 4 heterocycles. The first-order chi connectivity index (χ1) is 7.79. The fourth-order valence-electron chi connectivity index (χ4n) is 4.03. The molecular formula is C13H19N3. The molecule has 2 saturated heterocycles. The Morgan fingerprint density at radius 1 is 1.25 bits per heavy atom. The van der Waals surface area contributed by atoms with Crippen LogP contribution in [0.2, 0.25) is 0 Å². The molecule has 6 aliphatic rings. The number of hydrogen-bond donors (Lipinski definition) is 1. The van der Waals surface area contributed by atoms with Gasteiger partial charge >= 0.3 is 0 Å². The van der Waals surface area contributed by atoms with E-state index in [9.17, 15) is 0 Å². The maximum Gasteiger partial charge on any atom is 0.115 e. The highest BCUT2D eigenvalue weighted by Gasteiger charge is 2.57. The van der Waals surface area contributed by atoms with Crippen molar-refractivity contribution >= 4 is 12.6 Å². The van der Waals surface area contributed by atoms with Crippen LogP contribution < -0.4 is 5.32 Å². The van der Waals surface area contributed by atoms with Crippen LogP contribution in [0.3, 0.4) is 0 Å². The number of aliphatic imine (C=N–C) groups is 2. The topological polar surface area (TPSA) is 36.8 Å². The zero-order valence-electron chi connectivity index (χ0n) is 9.65. The molecule has 0 amide bonds. The van der Waals surface area contributed by atoms with E-state index in [4.69, 9.17) is 0 Å². The van der Waals surface area contributed by atoms with Crippen LogP contribution in [0.1, 0.15) is 44.9 Å². The molecule has 4 aliphatic heterocycles. The molecule has 16 heavy (non-hydrogen) atoms. The Kier molecular flexibility index (Phi) is 1.72. The lowest BCUT2D eigenvalue weighted by Crippen LogP contribution is -2.71. The smallest absolute Gasteiger partial charge is 0.115 e. The highest BCUT2D eigenvalue weighted by atomic mass is 15.3. The Bertz CT molecular complexity index is 365. The van der Waals surface area contributed by atoms with Gasteiger partial charge in [0.05, 0.1) is 5.54 Å². The number of nitrogens with zero attached hydrogens (tertiary/aromatic N) is 2. The van der Waals surface area contributed by atoms with Crippen molar-refractivity contribution in [1.29, 1.82) is 0 Å². The van der Waals surface area contributed by atoms with E-state index < -0.39 is 0 Å². The van der Waals surface area contributed by atoms with Crippen LogP contribution in [0.4, 0.5) is 0 Å². The summed E-state index contributed by atoms with van der Waals surface area (Å²) in [6.07, 6.45) is 13.2. The van der Waals surface area contributed by atoms with Gasteiger partial charge in [0, 0.05) is 12.6 Å². The summed E-state index contributed by atoms with van der Waals surface area (Å²) in [7, 11) is 0. The van der Waals surface area contributed by atoms with Crippen molar-refractivity contribution in [3.63, 3.8) is 0 Å². The second-order valence-electron chi connectivity index (χ2n) is 6.22.